The van der Waals surface area contributed by atoms with Gasteiger partial charge in [-0.25, -0.2) is 8.42 Å². The number of sulfone groups is 1. The molecule has 3 atom stereocenters. The van der Waals surface area contributed by atoms with Gasteiger partial charge in [0.2, 0.25) is 0 Å². The second-order valence-corrected chi connectivity index (χ2v) is 25.3. The molecule has 0 amide bonds. The molecule has 6 heterocycles. The van der Waals surface area contributed by atoms with Crippen molar-refractivity contribution in [1.29, 1.82) is 0 Å². The number of rotatable bonds is 0. The molecular formula is C30H60O5S6. The second kappa shape index (κ2) is 16.1. The van der Waals surface area contributed by atoms with E-state index in [1.54, 1.807) is 0 Å². The lowest BCUT2D eigenvalue weighted by Crippen LogP contribution is -2.49. The van der Waals surface area contributed by atoms with Crippen LogP contribution in [0.5, 0.6) is 0 Å². The highest BCUT2D eigenvalue weighted by Gasteiger charge is 2.42. The van der Waals surface area contributed by atoms with Gasteiger partial charge < -0.3 is 0 Å². The van der Waals surface area contributed by atoms with E-state index in [9.17, 15) is 21.0 Å². The minimum atomic E-state index is -2.53. The zero-order valence-corrected chi connectivity index (χ0v) is 32.8. The molecule has 6 aliphatic heterocycles. The summed E-state index contributed by atoms with van der Waals surface area (Å²) in [6, 6.07) is 0. The van der Waals surface area contributed by atoms with Crippen molar-refractivity contribution in [1.82, 2.24) is 0 Å². The third-order valence-electron chi connectivity index (χ3n) is 8.17. The van der Waals surface area contributed by atoms with E-state index in [1.165, 1.54) is 17.3 Å². The first-order valence-electron chi connectivity index (χ1n) is 14.9. The predicted octanol–water partition coefficient (Wildman–Crippen LogP) is 6.28. The van der Waals surface area contributed by atoms with Crippen LogP contribution in [-0.2, 0) is 42.2 Å². The Labute approximate surface area is 269 Å². The third kappa shape index (κ3) is 14.8. The Morgan fingerprint density at radius 1 is 0.659 bits per heavy atom. The van der Waals surface area contributed by atoms with Gasteiger partial charge in [0.25, 0.3) is 0 Å². The van der Waals surface area contributed by atoms with Crippen molar-refractivity contribution in [3.05, 3.63) is 0 Å². The molecule has 0 aromatic rings. The van der Waals surface area contributed by atoms with Crippen molar-refractivity contribution >= 4 is 65.8 Å². The Bertz CT molecular complexity index is 982. The van der Waals surface area contributed by atoms with Crippen LogP contribution in [0.15, 0.2) is 0 Å². The largest absolute Gasteiger partial charge is 0.260 e. The molecule has 5 nitrogen and oxygen atoms in total. The van der Waals surface area contributed by atoms with Gasteiger partial charge in [0.1, 0.15) is 0 Å². The molecule has 6 rings (SSSR count). The molecule has 3 unspecified atom stereocenters. The molecule has 0 aromatic heterocycles. The van der Waals surface area contributed by atoms with Crippen molar-refractivity contribution in [2.24, 2.45) is 34.5 Å². The zero-order valence-electron chi connectivity index (χ0n) is 27.9. The van der Waals surface area contributed by atoms with Crippen LogP contribution in [0.4, 0.5) is 0 Å². The number of hydrogen-bond acceptors (Lipinski definition) is 7. The van der Waals surface area contributed by atoms with E-state index in [1.807, 2.05) is 18.7 Å². The van der Waals surface area contributed by atoms with Crippen molar-refractivity contribution in [3.8, 4) is 0 Å². The summed E-state index contributed by atoms with van der Waals surface area (Å²) in [4.78, 5) is 0. The first-order chi connectivity index (χ1) is 18.4. The average Bonchev–Trinajstić information content (AvgIpc) is 2.76. The van der Waals surface area contributed by atoms with Gasteiger partial charge in [-0.1, -0.05) is 69.2 Å². The number of thioether (sulfide) groups is 2. The van der Waals surface area contributed by atoms with Gasteiger partial charge >= 0.3 is 0 Å². The van der Waals surface area contributed by atoms with Crippen molar-refractivity contribution in [3.63, 3.8) is 0 Å². The maximum atomic E-state index is 10.9. The van der Waals surface area contributed by atoms with Crippen molar-refractivity contribution in [2.45, 2.75) is 92.6 Å². The Morgan fingerprint density at radius 2 is 1.10 bits per heavy atom. The molecule has 0 spiro atoms. The lowest BCUT2D eigenvalue weighted by molar-refractivity contribution is 0.437. The van der Waals surface area contributed by atoms with Gasteiger partial charge in [-0.05, 0) is 65.6 Å². The Balaban J connectivity index is 0.000000247. The normalized spacial score (nSPS) is 35.7. The van der Waals surface area contributed by atoms with E-state index in [0.717, 1.165) is 40.6 Å². The summed E-state index contributed by atoms with van der Waals surface area (Å²) >= 11 is 4.11. The number of hydrogen-bond donors (Lipinski definition) is 0. The van der Waals surface area contributed by atoms with Gasteiger partial charge in [0.15, 0.2) is 9.84 Å². The van der Waals surface area contributed by atoms with Gasteiger partial charge in [-0.2, -0.15) is 23.5 Å². The quantitative estimate of drug-likeness (QED) is 0.296. The Hall–Kier alpha value is 1.10. The fourth-order valence-electron chi connectivity index (χ4n) is 4.09. The minimum absolute atomic E-state index is 0.111. The molecule has 6 saturated heterocycles. The summed E-state index contributed by atoms with van der Waals surface area (Å²) in [5, 5.41) is 0. The fraction of sp³-hybridized carbons (Fsp3) is 1.00. The topological polar surface area (TPSA) is 85.3 Å². The van der Waals surface area contributed by atoms with Gasteiger partial charge in [-0.15, -0.1) is 0 Å². The van der Waals surface area contributed by atoms with Crippen LogP contribution in [0, 0.1) is 34.5 Å². The Kier molecular flexibility index (Phi) is 15.7. The minimum Gasteiger partial charge on any atom is -0.260 e. The molecule has 246 valence electrons. The molecule has 0 aromatic carbocycles. The summed E-state index contributed by atoms with van der Waals surface area (Å²) in [7, 11) is -3.95. The maximum Gasteiger partial charge on any atom is 0.150 e. The van der Waals surface area contributed by atoms with E-state index in [0.29, 0.717) is 38.9 Å². The molecule has 6 fully saturated rings. The summed E-state index contributed by atoms with van der Waals surface area (Å²) in [6.07, 6.45) is 0. The first kappa shape index (κ1) is 40.1. The van der Waals surface area contributed by atoms with E-state index < -0.39 is 42.2 Å². The molecular weight excluding hydrogens is 633 g/mol. The predicted molar refractivity (Wildman–Crippen MR) is 190 cm³/mol. The molecule has 11 heteroatoms. The molecule has 0 bridgehead atoms. The lowest BCUT2D eigenvalue weighted by atomic mass is 9.98. The van der Waals surface area contributed by atoms with E-state index in [-0.39, 0.29) is 4.75 Å². The monoisotopic (exact) mass is 692 g/mol. The molecule has 0 radical (unpaired) electrons. The fourth-order valence-corrected chi connectivity index (χ4v) is 12.3. The van der Waals surface area contributed by atoms with E-state index >= 15 is 0 Å². The lowest BCUT2D eigenvalue weighted by Gasteiger charge is -2.41. The molecule has 0 aliphatic carbocycles. The molecule has 0 saturated carbocycles. The highest BCUT2D eigenvalue weighted by molar-refractivity contribution is 8.02. The van der Waals surface area contributed by atoms with Gasteiger partial charge in [0, 0.05) is 70.7 Å². The van der Waals surface area contributed by atoms with Crippen molar-refractivity contribution < 1.29 is 21.0 Å². The zero-order chi connectivity index (χ0) is 32.0. The molecule has 0 N–H and O–H groups in total. The van der Waals surface area contributed by atoms with Crippen LogP contribution >= 0.6 is 23.5 Å². The average molecular weight is 693 g/mol. The van der Waals surface area contributed by atoms with Crippen LogP contribution < -0.4 is 0 Å². The standard InChI is InChI=1S/C6H12OS.C6H12S.C5H10OS.C5H10S.C4H8O2S.C4H8OS/c1-5-4-8(7)6(5,2)3;1-5-4-7-6(5,2)3;1-5(2)3-7(6)4-5;1-5(2)3-6-4-5;1-4-2-7(5,6)3-4;1-4-2-6(5)3-4/h5H,4H2,1-3H3;5H,4H2,1-3H3;3-4H2,1-2H3;3-4H2,1-2H3;4H,2-3H2,1H3;4H,2-3H2,1H3. The molecule has 41 heavy (non-hydrogen) atoms. The first-order valence-corrected chi connectivity index (χ1v) is 23.1. The maximum absolute atomic E-state index is 10.9. The van der Waals surface area contributed by atoms with Crippen LogP contribution in [0.3, 0.4) is 0 Å². The second-order valence-electron chi connectivity index (χ2n) is 15.4. The molecule has 6 aliphatic rings. The summed E-state index contributed by atoms with van der Waals surface area (Å²) in [5.74, 6) is 12.3. The van der Waals surface area contributed by atoms with E-state index in [4.69, 9.17) is 0 Å². The Morgan fingerprint density at radius 3 is 1.10 bits per heavy atom. The van der Waals surface area contributed by atoms with Crippen LogP contribution in [0.25, 0.3) is 0 Å². The van der Waals surface area contributed by atoms with Gasteiger partial charge in [-0.3, -0.25) is 12.6 Å². The van der Waals surface area contributed by atoms with Crippen molar-refractivity contribution in [2.75, 3.05) is 57.5 Å². The highest BCUT2D eigenvalue weighted by Crippen LogP contribution is 2.44. The van der Waals surface area contributed by atoms with Gasteiger partial charge in [0.05, 0.1) is 11.5 Å². The summed E-state index contributed by atoms with van der Waals surface area (Å²) in [6.45, 7) is 26.2. The summed E-state index contributed by atoms with van der Waals surface area (Å²) in [5.41, 5.74) is 1.08. The van der Waals surface area contributed by atoms with E-state index in [2.05, 4.69) is 87.9 Å². The summed E-state index contributed by atoms with van der Waals surface area (Å²) < 4.78 is 52.8. The van der Waals surface area contributed by atoms with Crippen LogP contribution in [0.1, 0.15) is 83.1 Å². The highest BCUT2D eigenvalue weighted by atomic mass is 32.2. The smallest absolute Gasteiger partial charge is 0.150 e. The van der Waals surface area contributed by atoms with Crippen LogP contribution in [0.2, 0.25) is 0 Å². The SMILES string of the molecule is CC1(C)CS(=O)C1.CC1(C)CSC1.CC1CS(=O)(=O)C1.CC1CS(=O)C1.CC1CS(=O)C1(C)C.CC1CSC1(C)C. The third-order valence-corrected chi connectivity index (χ3v) is 20.6. The van der Waals surface area contributed by atoms with Crippen LogP contribution in [-0.4, -0.2) is 88.1 Å².